The van der Waals surface area contributed by atoms with Crippen LogP contribution in [0.2, 0.25) is 0 Å². The fraction of sp³-hybridized carbons (Fsp3) is 0.286. The van der Waals surface area contributed by atoms with E-state index in [-0.39, 0.29) is 11.9 Å². The predicted molar refractivity (Wildman–Crippen MR) is 112 cm³/mol. The number of amides is 1. The summed E-state index contributed by atoms with van der Waals surface area (Å²) in [5.74, 6) is 1.11. The van der Waals surface area contributed by atoms with Gasteiger partial charge in [0.05, 0.1) is 18.1 Å². The van der Waals surface area contributed by atoms with Crippen LogP contribution in [0.4, 0.5) is 5.95 Å². The molecule has 0 radical (unpaired) electrons. The quantitative estimate of drug-likeness (QED) is 0.559. The normalized spacial score (nSPS) is 16.9. The molecule has 152 valence electrons. The van der Waals surface area contributed by atoms with Gasteiger partial charge in [-0.05, 0) is 30.2 Å². The highest BCUT2D eigenvalue weighted by atomic mass is 16.5. The molecule has 1 saturated heterocycles. The third-order valence-corrected chi connectivity index (χ3v) is 5.41. The zero-order valence-corrected chi connectivity index (χ0v) is 16.7. The number of methoxy groups -OCH3 is 1. The fourth-order valence-electron chi connectivity index (χ4n) is 3.87. The minimum atomic E-state index is 0.101. The van der Waals surface area contributed by atoms with Gasteiger partial charge >= 0.3 is 0 Å². The lowest BCUT2D eigenvalue weighted by atomic mass is 10.1. The highest BCUT2D eigenvalue weighted by molar-refractivity contribution is 5.89. The van der Waals surface area contributed by atoms with Crippen molar-refractivity contribution in [2.75, 3.05) is 26.0 Å². The molecule has 1 atom stereocenters. The maximum Gasteiger partial charge on any atom is 0.244 e. The van der Waals surface area contributed by atoms with Gasteiger partial charge in [-0.25, -0.2) is 4.52 Å². The predicted octanol–water partition coefficient (Wildman–Crippen LogP) is 2.38. The van der Waals surface area contributed by atoms with Gasteiger partial charge in [0.1, 0.15) is 5.52 Å². The van der Waals surface area contributed by atoms with Crippen LogP contribution >= 0.6 is 0 Å². The van der Waals surface area contributed by atoms with E-state index >= 15 is 0 Å². The van der Waals surface area contributed by atoms with E-state index < -0.39 is 0 Å². The zero-order valence-electron chi connectivity index (χ0n) is 16.7. The Hall–Kier alpha value is -3.75. The summed E-state index contributed by atoms with van der Waals surface area (Å²) in [5.41, 5.74) is 4.38. The molecule has 0 bridgehead atoms. The first-order valence-corrected chi connectivity index (χ1v) is 9.77. The topological polar surface area (TPSA) is 97.5 Å². The number of nitrogens with one attached hydrogen (secondary N) is 1. The van der Waals surface area contributed by atoms with Gasteiger partial charge in [0.2, 0.25) is 17.7 Å². The molecule has 30 heavy (non-hydrogen) atoms. The number of benzene rings is 1. The number of piperidine rings is 1. The average Bonchev–Trinajstić information content (AvgIpc) is 3.19. The van der Waals surface area contributed by atoms with E-state index in [4.69, 9.17) is 4.74 Å². The molecule has 0 aliphatic carbocycles. The molecule has 9 heteroatoms. The van der Waals surface area contributed by atoms with Crippen LogP contribution in [0.3, 0.4) is 0 Å². The third kappa shape index (κ3) is 3.18. The maximum absolute atomic E-state index is 11.7. The lowest BCUT2D eigenvalue weighted by Gasteiger charge is -2.30. The molecule has 1 fully saturated rings. The van der Waals surface area contributed by atoms with Crippen molar-refractivity contribution in [2.45, 2.75) is 18.9 Å². The first kappa shape index (κ1) is 18.3. The molecule has 9 nitrogen and oxygen atoms in total. The highest BCUT2D eigenvalue weighted by Gasteiger charge is 2.24. The molecule has 0 saturated carbocycles. The van der Waals surface area contributed by atoms with Gasteiger partial charge in [-0.3, -0.25) is 14.8 Å². The number of anilines is 1. The Morgan fingerprint density at radius 2 is 2.00 bits per heavy atom. The van der Waals surface area contributed by atoms with Gasteiger partial charge in [0, 0.05) is 50.2 Å². The molecular weight excluding hydrogens is 382 g/mol. The third-order valence-electron chi connectivity index (χ3n) is 5.41. The second-order valence-electron chi connectivity index (χ2n) is 7.38. The number of nitrogens with zero attached hydrogens (tertiary/aromatic N) is 6. The van der Waals surface area contributed by atoms with E-state index in [1.165, 1.54) is 0 Å². The Morgan fingerprint density at radius 3 is 2.80 bits per heavy atom. The Labute approximate surface area is 172 Å². The second kappa shape index (κ2) is 7.25. The van der Waals surface area contributed by atoms with Crippen molar-refractivity contribution >= 4 is 28.4 Å². The van der Waals surface area contributed by atoms with Crippen LogP contribution in [-0.4, -0.2) is 62.1 Å². The van der Waals surface area contributed by atoms with Crippen LogP contribution in [-0.2, 0) is 4.79 Å². The SMILES string of the molecule is COc1nc(NC2CCC(=O)N(C)C2)nn2ccc(-c3ccc4nccnc4c3)c12. The molecule has 1 aromatic carbocycles. The van der Waals surface area contributed by atoms with E-state index in [9.17, 15) is 4.79 Å². The van der Waals surface area contributed by atoms with E-state index in [0.717, 1.165) is 34.1 Å². The van der Waals surface area contributed by atoms with Crippen LogP contribution in [0.1, 0.15) is 12.8 Å². The van der Waals surface area contributed by atoms with E-state index in [1.807, 2.05) is 37.5 Å². The smallest absolute Gasteiger partial charge is 0.244 e. The Kier molecular flexibility index (Phi) is 4.42. The molecule has 1 aliphatic rings. The molecule has 1 amide bonds. The van der Waals surface area contributed by atoms with Crippen LogP contribution in [0.5, 0.6) is 5.88 Å². The van der Waals surface area contributed by atoms with Crippen molar-refractivity contribution in [1.29, 1.82) is 0 Å². The summed E-state index contributed by atoms with van der Waals surface area (Å²) < 4.78 is 7.36. The number of carbonyl (C=O) groups excluding carboxylic acids is 1. The minimum Gasteiger partial charge on any atom is -0.479 e. The average molecular weight is 403 g/mol. The summed E-state index contributed by atoms with van der Waals surface area (Å²) in [6.07, 6.45) is 6.52. The fourth-order valence-corrected chi connectivity index (χ4v) is 3.87. The summed E-state index contributed by atoms with van der Waals surface area (Å²) in [6.45, 7) is 0.623. The number of ether oxygens (including phenoxy) is 1. The standard InChI is InChI=1S/C21H21N7O2/c1-27-12-14(4-6-18(27)29)24-21-25-20(30-2)19-15(7-10-28(19)26-21)13-3-5-16-17(11-13)23-9-8-22-16/h3,5,7-11,14H,4,6,12H2,1-2H3,(H,24,26). The van der Waals surface area contributed by atoms with E-state index in [0.29, 0.717) is 24.8 Å². The summed E-state index contributed by atoms with van der Waals surface area (Å²) in [7, 11) is 3.41. The summed E-state index contributed by atoms with van der Waals surface area (Å²) in [5, 5.41) is 7.95. The number of carbonyl (C=O) groups is 1. The van der Waals surface area contributed by atoms with Crippen molar-refractivity contribution in [3.05, 3.63) is 42.9 Å². The zero-order chi connectivity index (χ0) is 20.7. The molecule has 1 unspecified atom stereocenters. The van der Waals surface area contributed by atoms with Gasteiger partial charge < -0.3 is 15.0 Å². The number of rotatable bonds is 4. The van der Waals surface area contributed by atoms with Gasteiger partial charge in [0.25, 0.3) is 0 Å². The van der Waals surface area contributed by atoms with E-state index in [1.54, 1.807) is 28.9 Å². The lowest BCUT2D eigenvalue weighted by Crippen LogP contribution is -2.43. The molecule has 4 heterocycles. The second-order valence-corrected chi connectivity index (χ2v) is 7.38. The first-order chi connectivity index (χ1) is 14.6. The Balaban J connectivity index is 1.52. The van der Waals surface area contributed by atoms with Crippen molar-refractivity contribution in [3.8, 4) is 17.0 Å². The van der Waals surface area contributed by atoms with Gasteiger partial charge in [-0.2, -0.15) is 4.98 Å². The Morgan fingerprint density at radius 1 is 1.17 bits per heavy atom. The number of fused-ring (bicyclic) bond motifs is 2. The Bertz CT molecular complexity index is 1250. The summed E-state index contributed by atoms with van der Waals surface area (Å²) in [4.78, 5) is 26.8. The van der Waals surface area contributed by atoms with Crippen LogP contribution < -0.4 is 10.1 Å². The largest absolute Gasteiger partial charge is 0.479 e. The number of aromatic nitrogens is 5. The van der Waals surface area contributed by atoms with Crippen molar-refractivity contribution in [3.63, 3.8) is 0 Å². The molecule has 1 aliphatic heterocycles. The van der Waals surface area contributed by atoms with Gasteiger partial charge in [-0.1, -0.05) is 6.07 Å². The van der Waals surface area contributed by atoms with Crippen molar-refractivity contribution < 1.29 is 9.53 Å². The van der Waals surface area contributed by atoms with Crippen molar-refractivity contribution in [1.82, 2.24) is 29.5 Å². The molecule has 1 N–H and O–H groups in total. The van der Waals surface area contributed by atoms with Crippen LogP contribution in [0, 0.1) is 0 Å². The molecule has 0 spiro atoms. The van der Waals surface area contributed by atoms with Gasteiger partial charge in [-0.15, -0.1) is 5.10 Å². The highest BCUT2D eigenvalue weighted by Crippen LogP contribution is 2.32. The summed E-state index contributed by atoms with van der Waals surface area (Å²) in [6, 6.07) is 8.04. The van der Waals surface area contributed by atoms with Crippen LogP contribution in [0.15, 0.2) is 42.9 Å². The molecule has 4 aromatic rings. The van der Waals surface area contributed by atoms with Crippen molar-refractivity contribution in [2.24, 2.45) is 0 Å². The van der Waals surface area contributed by atoms with E-state index in [2.05, 4.69) is 25.4 Å². The number of likely N-dealkylation sites (N-methyl/N-ethyl adjacent to an activating group) is 1. The monoisotopic (exact) mass is 403 g/mol. The molecule has 5 rings (SSSR count). The number of hydrogen-bond acceptors (Lipinski definition) is 7. The minimum absolute atomic E-state index is 0.101. The first-order valence-electron chi connectivity index (χ1n) is 9.77. The lowest BCUT2D eigenvalue weighted by molar-refractivity contribution is -0.132. The summed E-state index contributed by atoms with van der Waals surface area (Å²) >= 11 is 0. The number of likely N-dealkylation sites (tertiary alicyclic amines) is 1. The molecular formula is C21H21N7O2. The number of hydrogen-bond donors (Lipinski definition) is 1. The molecule has 3 aromatic heterocycles. The van der Waals surface area contributed by atoms with Gasteiger partial charge in [0.15, 0.2) is 0 Å². The maximum atomic E-state index is 11.7. The van der Waals surface area contributed by atoms with Crippen LogP contribution in [0.25, 0.3) is 27.7 Å².